The third-order valence-corrected chi connectivity index (χ3v) is 3.27. The van der Waals surface area contributed by atoms with Crippen LogP contribution in [0.1, 0.15) is 36.0 Å². The van der Waals surface area contributed by atoms with Gasteiger partial charge in [-0.3, -0.25) is 0 Å². The molecule has 0 spiro atoms. The van der Waals surface area contributed by atoms with Gasteiger partial charge in [-0.2, -0.15) is 0 Å². The van der Waals surface area contributed by atoms with Gasteiger partial charge in [0.05, 0.1) is 0 Å². The lowest BCUT2D eigenvalue weighted by Gasteiger charge is -2.06. The summed E-state index contributed by atoms with van der Waals surface area (Å²) in [5.41, 5.74) is 5.73. The molecule has 1 nitrogen and oxygen atoms in total. The minimum absolute atomic E-state index is 1.14. The van der Waals surface area contributed by atoms with Crippen LogP contribution in [0.2, 0.25) is 0 Å². The van der Waals surface area contributed by atoms with E-state index >= 15 is 0 Å². The molecule has 1 fully saturated rings. The molecule has 1 aromatic rings. The van der Waals surface area contributed by atoms with Crippen molar-refractivity contribution < 1.29 is 0 Å². The molecule has 16 heavy (non-hydrogen) atoms. The van der Waals surface area contributed by atoms with Gasteiger partial charge in [0.15, 0.2) is 0 Å². The average molecular weight is 215 g/mol. The molecular weight excluding hydrogens is 194 g/mol. The predicted octanol–water partition coefficient (Wildman–Crippen LogP) is 3.46. The van der Waals surface area contributed by atoms with E-state index in [1.54, 1.807) is 5.57 Å². The fourth-order valence-electron chi connectivity index (χ4n) is 2.22. The highest BCUT2D eigenvalue weighted by Gasteiger charge is 2.04. The maximum Gasteiger partial charge on any atom is -0.00115 e. The number of rotatable bonds is 1. The molecule has 1 N–H and O–H groups in total. The van der Waals surface area contributed by atoms with E-state index in [0.717, 1.165) is 6.54 Å². The van der Waals surface area contributed by atoms with Crippen LogP contribution in [0.3, 0.4) is 0 Å². The van der Waals surface area contributed by atoms with E-state index in [2.05, 4.69) is 43.4 Å². The minimum atomic E-state index is 1.14. The van der Waals surface area contributed by atoms with E-state index in [0.29, 0.717) is 0 Å². The molecule has 0 bridgehead atoms. The Morgan fingerprint density at radius 1 is 1.12 bits per heavy atom. The van der Waals surface area contributed by atoms with Crippen molar-refractivity contribution in [2.24, 2.45) is 0 Å². The summed E-state index contributed by atoms with van der Waals surface area (Å²) >= 11 is 0. The van der Waals surface area contributed by atoms with Gasteiger partial charge in [0.2, 0.25) is 0 Å². The normalized spacial score (nSPS) is 19.8. The van der Waals surface area contributed by atoms with Crippen LogP contribution in [0.5, 0.6) is 0 Å². The molecule has 86 valence electrons. The molecular formula is C15H21N. The van der Waals surface area contributed by atoms with Crippen LogP contribution >= 0.6 is 0 Å². The van der Waals surface area contributed by atoms with Crippen LogP contribution in [0.15, 0.2) is 23.8 Å². The van der Waals surface area contributed by atoms with Crippen molar-refractivity contribution in [3.63, 3.8) is 0 Å². The fraction of sp³-hybridized carbons (Fsp3) is 0.467. The summed E-state index contributed by atoms with van der Waals surface area (Å²) in [5.74, 6) is 0. The molecule has 2 rings (SSSR count). The minimum Gasteiger partial charge on any atom is -0.316 e. The zero-order valence-corrected chi connectivity index (χ0v) is 10.3. The van der Waals surface area contributed by atoms with E-state index < -0.39 is 0 Å². The van der Waals surface area contributed by atoms with E-state index in [-0.39, 0.29) is 0 Å². The smallest absolute Gasteiger partial charge is 0.00115 e. The highest BCUT2D eigenvalue weighted by molar-refractivity contribution is 5.57. The number of nitrogens with one attached hydrogen (secondary N) is 1. The Hall–Kier alpha value is -1.08. The van der Waals surface area contributed by atoms with Crippen molar-refractivity contribution in [1.82, 2.24) is 5.32 Å². The molecule has 0 saturated carbocycles. The standard InChI is InChI=1S/C15H21N/c1-12-5-6-13(2)15(10-12)11-14-4-3-8-16-9-7-14/h5-6,10-11,16H,3-4,7-9H2,1-2H3/b14-11-. The Morgan fingerprint density at radius 3 is 2.88 bits per heavy atom. The van der Waals surface area contributed by atoms with E-state index in [9.17, 15) is 0 Å². The number of hydrogen-bond donors (Lipinski definition) is 1. The number of benzene rings is 1. The van der Waals surface area contributed by atoms with Crippen LogP contribution in [0, 0.1) is 13.8 Å². The second kappa shape index (κ2) is 5.31. The maximum absolute atomic E-state index is 3.45. The van der Waals surface area contributed by atoms with Crippen LogP contribution in [0.25, 0.3) is 6.08 Å². The van der Waals surface area contributed by atoms with Crippen molar-refractivity contribution in [3.05, 3.63) is 40.5 Å². The van der Waals surface area contributed by atoms with Gasteiger partial charge in [-0.15, -0.1) is 0 Å². The highest BCUT2D eigenvalue weighted by atomic mass is 14.8. The van der Waals surface area contributed by atoms with E-state index in [1.807, 2.05) is 0 Å². The molecule has 1 aliphatic heterocycles. The molecule has 1 saturated heterocycles. The Morgan fingerprint density at radius 2 is 2.00 bits per heavy atom. The van der Waals surface area contributed by atoms with Crippen LogP contribution in [0.4, 0.5) is 0 Å². The number of hydrogen-bond acceptors (Lipinski definition) is 1. The number of aryl methyl sites for hydroxylation is 2. The molecule has 0 aliphatic carbocycles. The summed E-state index contributed by atoms with van der Waals surface area (Å²) < 4.78 is 0. The van der Waals surface area contributed by atoms with Gasteiger partial charge < -0.3 is 5.32 Å². The zero-order valence-electron chi connectivity index (χ0n) is 10.3. The Kier molecular flexibility index (Phi) is 3.79. The van der Waals surface area contributed by atoms with E-state index in [4.69, 9.17) is 0 Å². The Balaban J connectivity index is 2.22. The van der Waals surface area contributed by atoms with Crippen molar-refractivity contribution in [2.45, 2.75) is 33.1 Å². The summed E-state index contributed by atoms with van der Waals surface area (Å²) in [4.78, 5) is 0. The summed E-state index contributed by atoms with van der Waals surface area (Å²) in [6, 6.07) is 6.70. The SMILES string of the molecule is Cc1ccc(C)c(/C=C2/CCCNCC2)c1. The predicted molar refractivity (Wildman–Crippen MR) is 70.6 cm³/mol. The summed E-state index contributed by atoms with van der Waals surface area (Å²) in [5, 5.41) is 3.45. The Labute approximate surface area is 98.6 Å². The van der Waals surface area contributed by atoms with Gasteiger partial charge in [-0.05, 0) is 57.3 Å². The molecule has 1 heterocycles. The first-order valence-electron chi connectivity index (χ1n) is 6.23. The van der Waals surface area contributed by atoms with Gasteiger partial charge >= 0.3 is 0 Å². The van der Waals surface area contributed by atoms with E-state index in [1.165, 1.54) is 42.5 Å². The molecule has 0 unspecified atom stereocenters. The lowest BCUT2D eigenvalue weighted by atomic mass is 10.00. The van der Waals surface area contributed by atoms with Gasteiger partial charge in [0, 0.05) is 0 Å². The summed E-state index contributed by atoms with van der Waals surface area (Å²) in [6.07, 6.45) is 6.12. The zero-order chi connectivity index (χ0) is 11.4. The molecule has 1 aliphatic rings. The fourth-order valence-corrected chi connectivity index (χ4v) is 2.22. The molecule has 0 atom stereocenters. The van der Waals surface area contributed by atoms with Crippen LogP contribution in [-0.4, -0.2) is 13.1 Å². The topological polar surface area (TPSA) is 12.0 Å². The average Bonchev–Trinajstić information content (AvgIpc) is 2.52. The van der Waals surface area contributed by atoms with Crippen LogP contribution in [-0.2, 0) is 0 Å². The Bertz CT molecular complexity index is 380. The largest absolute Gasteiger partial charge is 0.316 e. The van der Waals surface area contributed by atoms with Crippen molar-refractivity contribution in [2.75, 3.05) is 13.1 Å². The second-order valence-corrected chi connectivity index (χ2v) is 4.77. The van der Waals surface area contributed by atoms with Crippen molar-refractivity contribution in [1.29, 1.82) is 0 Å². The lowest BCUT2D eigenvalue weighted by molar-refractivity contribution is 0.703. The molecule has 0 radical (unpaired) electrons. The molecule has 0 aromatic heterocycles. The van der Waals surface area contributed by atoms with Gasteiger partial charge in [-0.1, -0.05) is 35.4 Å². The van der Waals surface area contributed by atoms with Gasteiger partial charge in [0.1, 0.15) is 0 Å². The van der Waals surface area contributed by atoms with Crippen molar-refractivity contribution >= 4 is 6.08 Å². The quantitative estimate of drug-likeness (QED) is 0.756. The third kappa shape index (κ3) is 2.96. The first-order chi connectivity index (χ1) is 7.75. The first-order valence-corrected chi connectivity index (χ1v) is 6.23. The second-order valence-electron chi connectivity index (χ2n) is 4.77. The molecule has 1 aromatic carbocycles. The molecule has 0 amide bonds. The van der Waals surface area contributed by atoms with Crippen molar-refractivity contribution in [3.8, 4) is 0 Å². The summed E-state index contributed by atoms with van der Waals surface area (Å²) in [6.45, 7) is 6.66. The summed E-state index contributed by atoms with van der Waals surface area (Å²) in [7, 11) is 0. The highest BCUT2D eigenvalue weighted by Crippen LogP contribution is 2.19. The monoisotopic (exact) mass is 215 g/mol. The van der Waals surface area contributed by atoms with Crippen LogP contribution < -0.4 is 5.32 Å². The molecule has 1 heteroatoms. The van der Waals surface area contributed by atoms with Gasteiger partial charge in [0.25, 0.3) is 0 Å². The third-order valence-electron chi connectivity index (χ3n) is 3.27. The maximum atomic E-state index is 3.45. The van der Waals surface area contributed by atoms with Gasteiger partial charge in [-0.25, -0.2) is 0 Å². The first kappa shape index (κ1) is 11.4. The lowest BCUT2D eigenvalue weighted by Crippen LogP contribution is -2.13.